The average molecular weight is 422 g/mol. The lowest BCUT2D eigenvalue weighted by Gasteiger charge is -2.17. The van der Waals surface area contributed by atoms with Crippen LogP contribution in [-0.4, -0.2) is 23.9 Å². The van der Waals surface area contributed by atoms with Gasteiger partial charge in [-0.25, -0.2) is 4.98 Å². The SMILES string of the molecule is COCc1ccc(CNC(=O)/C=C/c2csc(N(C(C)=O)c3ccccc3)n2)cc1. The summed E-state index contributed by atoms with van der Waals surface area (Å²) in [7, 11) is 1.66. The van der Waals surface area contributed by atoms with Crippen LogP contribution in [0, 0.1) is 0 Å². The first kappa shape index (κ1) is 21.4. The number of rotatable bonds is 8. The van der Waals surface area contributed by atoms with Crippen molar-refractivity contribution in [2.75, 3.05) is 12.0 Å². The van der Waals surface area contributed by atoms with Crippen molar-refractivity contribution in [1.82, 2.24) is 10.3 Å². The van der Waals surface area contributed by atoms with Crippen molar-refractivity contribution < 1.29 is 14.3 Å². The van der Waals surface area contributed by atoms with Gasteiger partial charge in [0.2, 0.25) is 11.8 Å². The largest absolute Gasteiger partial charge is 0.380 e. The number of aromatic nitrogens is 1. The van der Waals surface area contributed by atoms with Gasteiger partial charge in [-0.05, 0) is 29.3 Å². The molecule has 0 saturated carbocycles. The van der Waals surface area contributed by atoms with E-state index in [2.05, 4.69) is 10.3 Å². The molecule has 2 aromatic carbocycles. The molecule has 0 radical (unpaired) electrons. The molecule has 0 fully saturated rings. The van der Waals surface area contributed by atoms with Gasteiger partial charge in [-0.1, -0.05) is 42.5 Å². The van der Waals surface area contributed by atoms with Gasteiger partial charge in [-0.3, -0.25) is 14.5 Å². The van der Waals surface area contributed by atoms with Crippen LogP contribution < -0.4 is 10.2 Å². The number of ether oxygens (including phenoxy) is 1. The van der Waals surface area contributed by atoms with Crippen LogP contribution in [0.2, 0.25) is 0 Å². The Balaban J connectivity index is 1.59. The normalized spacial score (nSPS) is 10.9. The van der Waals surface area contributed by atoms with Crippen LogP contribution in [0.5, 0.6) is 0 Å². The molecule has 3 aromatic rings. The van der Waals surface area contributed by atoms with Gasteiger partial charge in [0.25, 0.3) is 0 Å². The average Bonchev–Trinajstić information content (AvgIpc) is 3.21. The van der Waals surface area contributed by atoms with Crippen LogP contribution in [0.3, 0.4) is 0 Å². The van der Waals surface area contributed by atoms with Crippen molar-refractivity contribution in [2.24, 2.45) is 0 Å². The molecule has 0 bridgehead atoms. The number of carbonyl (C=O) groups excluding carboxylic acids is 2. The summed E-state index contributed by atoms with van der Waals surface area (Å²) >= 11 is 1.35. The molecule has 30 heavy (non-hydrogen) atoms. The molecule has 154 valence electrons. The highest BCUT2D eigenvalue weighted by Crippen LogP contribution is 2.28. The standard InChI is InChI=1S/C23H23N3O3S/c1-17(27)26(21-6-4-3-5-7-21)23-25-20(16-30-23)12-13-22(28)24-14-18-8-10-19(11-9-18)15-29-2/h3-13,16H,14-15H2,1-2H3,(H,24,28)/b13-12+. The summed E-state index contributed by atoms with van der Waals surface area (Å²) < 4.78 is 5.09. The zero-order valence-corrected chi connectivity index (χ0v) is 17.7. The Labute approximate surface area is 179 Å². The molecule has 2 amide bonds. The highest BCUT2D eigenvalue weighted by Gasteiger charge is 2.17. The number of benzene rings is 2. The van der Waals surface area contributed by atoms with Crippen molar-refractivity contribution in [1.29, 1.82) is 0 Å². The summed E-state index contributed by atoms with van der Waals surface area (Å²) in [4.78, 5) is 30.2. The number of methoxy groups -OCH3 is 1. The fourth-order valence-electron chi connectivity index (χ4n) is 2.79. The zero-order valence-electron chi connectivity index (χ0n) is 16.9. The number of hydrogen-bond acceptors (Lipinski definition) is 5. The topological polar surface area (TPSA) is 71.5 Å². The molecule has 3 rings (SSSR count). The number of thiazole rings is 1. The van der Waals surface area contributed by atoms with Gasteiger partial charge < -0.3 is 10.1 Å². The number of hydrogen-bond donors (Lipinski definition) is 1. The quantitative estimate of drug-likeness (QED) is 0.551. The smallest absolute Gasteiger partial charge is 0.244 e. The second kappa shape index (κ2) is 10.5. The van der Waals surface area contributed by atoms with Gasteiger partial charge in [-0.15, -0.1) is 11.3 Å². The number of nitrogens with zero attached hydrogens (tertiary/aromatic N) is 2. The fraction of sp³-hybridized carbons (Fsp3) is 0.174. The Morgan fingerprint density at radius 2 is 1.80 bits per heavy atom. The van der Waals surface area contributed by atoms with Crippen LogP contribution in [0.15, 0.2) is 66.1 Å². The van der Waals surface area contributed by atoms with E-state index in [1.54, 1.807) is 18.1 Å². The first-order chi connectivity index (χ1) is 14.6. The summed E-state index contributed by atoms with van der Waals surface area (Å²) in [6, 6.07) is 17.2. The van der Waals surface area contributed by atoms with Crippen LogP contribution in [0.1, 0.15) is 23.7 Å². The van der Waals surface area contributed by atoms with Gasteiger partial charge in [-0.2, -0.15) is 0 Å². The second-order valence-electron chi connectivity index (χ2n) is 6.55. The predicted molar refractivity (Wildman–Crippen MR) is 119 cm³/mol. The molecule has 1 heterocycles. The molecule has 0 unspecified atom stereocenters. The Hall–Kier alpha value is -3.29. The zero-order chi connectivity index (χ0) is 21.3. The molecule has 0 saturated heterocycles. The number of anilines is 2. The number of nitrogens with one attached hydrogen (secondary N) is 1. The third-order valence-electron chi connectivity index (χ3n) is 4.24. The van der Waals surface area contributed by atoms with E-state index in [0.29, 0.717) is 24.0 Å². The predicted octanol–water partition coefficient (Wildman–Crippen LogP) is 4.30. The molecule has 0 atom stereocenters. The lowest BCUT2D eigenvalue weighted by molar-refractivity contribution is -0.117. The minimum absolute atomic E-state index is 0.125. The Kier molecular flexibility index (Phi) is 7.48. The Bertz CT molecular complexity index is 1010. The van der Waals surface area contributed by atoms with Gasteiger partial charge in [0.15, 0.2) is 5.13 Å². The van der Waals surface area contributed by atoms with Crippen LogP contribution >= 0.6 is 11.3 Å². The van der Waals surface area contributed by atoms with Crippen LogP contribution in [-0.2, 0) is 27.5 Å². The van der Waals surface area contributed by atoms with Gasteiger partial charge >= 0.3 is 0 Å². The van der Waals surface area contributed by atoms with Crippen molar-refractivity contribution in [3.63, 3.8) is 0 Å². The minimum atomic E-state index is -0.211. The lowest BCUT2D eigenvalue weighted by atomic mass is 10.1. The van der Waals surface area contributed by atoms with E-state index in [4.69, 9.17) is 4.74 Å². The first-order valence-electron chi connectivity index (χ1n) is 9.41. The van der Waals surface area contributed by atoms with E-state index in [1.165, 1.54) is 24.3 Å². The summed E-state index contributed by atoms with van der Waals surface area (Å²) in [5, 5.41) is 5.22. The van der Waals surface area contributed by atoms with Gasteiger partial charge in [0, 0.05) is 32.0 Å². The van der Waals surface area contributed by atoms with Crippen molar-refractivity contribution in [3.8, 4) is 0 Å². The number of para-hydroxylation sites is 1. The first-order valence-corrected chi connectivity index (χ1v) is 10.3. The number of amides is 2. The summed E-state index contributed by atoms with van der Waals surface area (Å²) in [6.45, 7) is 2.50. The maximum Gasteiger partial charge on any atom is 0.244 e. The molecule has 1 N–H and O–H groups in total. The van der Waals surface area contributed by atoms with E-state index < -0.39 is 0 Å². The molecule has 6 nitrogen and oxygen atoms in total. The summed E-state index contributed by atoms with van der Waals surface area (Å²) in [5.74, 6) is -0.336. The molecule has 7 heteroatoms. The second-order valence-corrected chi connectivity index (χ2v) is 7.38. The monoisotopic (exact) mass is 421 g/mol. The maximum absolute atomic E-state index is 12.1. The molecule has 0 spiro atoms. The van der Waals surface area contributed by atoms with E-state index in [1.807, 2.05) is 60.0 Å². The molecular formula is C23H23N3O3S. The molecule has 0 aliphatic carbocycles. The van der Waals surface area contributed by atoms with Gasteiger partial charge in [0.1, 0.15) is 0 Å². The van der Waals surface area contributed by atoms with E-state index in [-0.39, 0.29) is 11.8 Å². The highest BCUT2D eigenvalue weighted by atomic mass is 32.1. The van der Waals surface area contributed by atoms with Crippen LogP contribution in [0.4, 0.5) is 10.8 Å². The van der Waals surface area contributed by atoms with Crippen LogP contribution in [0.25, 0.3) is 6.08 Å². The van der Waals surface area contributed by atoms with Crippen molar-refractivity contribution in [3.05, 3.63) is 82.9 Å². The van der Waals surface area contributed by atoms with E-state index >= 15 is 0 Å². The Morgan fingerprint density at radius 3 is 2.47 bits per heavy atom. The third kappa shape index (κ3) is 5.85. The molecule has 0 aliphatic rings. The lowest BCUT2D eigenvalue weighted by Crippen LogP contribution is -2.22. The molecular weight excluding hydrogens is 398 g/mol. The molecule has 0 aliphatic heterocycles. The van der Waals surface area contributed by atoms with Crippen molar-refractivity contribution >= 4 is 40.0 Å². The maximum atomic E-state index is 12.1. The van der Waals surface area contributed by atoms with Gasteiger partial charge in [0.05, 0.1) is 18.0 Å². The minimum Gasteiger partial charge on any atom is -0.380 e. The van der Waals surface area contributed by atoms with E-state index in [0.717, 1.165) is 16.8 Å². The summed E-state index contributed by atoms with van der Waals surface area (Å²) in [6.07, 6.45) is 3.08. The summed E-state index contributed by atoms with van der Waals surface area (Å²) in [5.41, 5.74) is 3.47. The number of carbonyl (C=O) groups is 2. The van der Waals surface area contributed by atoms with Crippen molar-refractivity contribution in [2.45, 2.75) is 20.1 Å². The van der Waals surface area contributed by atoms with E-state index in [9.17, 15) is 9.59 Å². The Morgan fingerprint density at radius 1 is 1.10 bits per heavy atom. The fourth-order valence-corrected chi connectivity index (χ4v) is 3.64. The third-order valence-corrected chi connectivity index (χ3v) is 5.08. The molecule has 1 aromatic heterocycles. The highest BCUT2D eigenvalue weighted by molar-refractivity contribution is 7.14.